The van der Waals surface area contributed by atoms with Gasteiger partial charge in [-0.1, -0.05) is 18.2 Å². The number of para-hydroxylation sites is 1. The topological polar surface area (TPSA) is 108 Å². The van der Waals surface area contributed by atoms with Crippen LogP contribution in [0.1, 0.15) is 0 Å². The third-order valence-electron chi connectivity index (χ3n) is 4.89. The standard InChI is InChI=1S/C20H22N8O2/c29-19(27-12-10-26(11-13-27)17-4-2-1-3-5-17)14-21-20(30)23-16-6-8-18(9-7-16)28-15-22-24-25-28/h1-9,15H,10-14H2,(H2,21,23,30). The summed E-state index contributed by atoms with van der Waals surface area (Å²) in [4.78, 5) is 28.6. The molecule has 30 heavy (non-hydrogen) atoms. The second-order valence-electron chi connectivity index (χ2n) is 6.81. The van der Waals surface area contributed by atoms with E-state index in [2.05, 4.69) is 43.2 Å². The Morgan fingerprint density at radius 3 is 2.30 bits per heavy atom. The van der Waals surface area contributed by atoms with Gasteiger partial charge in [0.05, 0.1) is 12.2 Å². The van der Waals surface area contributed by atoms with E-state index in [1.165, 1.54) is 11.0 Å². The first kappa shape index (κ1) is 19.4. The Balaban J connectivity index is 1.21. The summed E-state index contributed by atoms with van der Waals surface area (Å²) < 4.78 is 1.51. The molecule has 3 amide bonds. The number of amides is 3. The van der Waals surface area contributed by atoms with Gasteiger partial charge in [0.15, 0.2) is 0 Å². The van der Waals surface area contributed by atoms with E-state index >= 15 is 0 Å². The highest BCUT2D eigenvalue weighted by Gasteiger charge is 2.21. The van der Waals surface area contributed by atoms with Gasteiger partial charge in [-0.3, -0.25) is 4.79 Å². The molecule has 10 nitrogen and oxygen atoms in total. The van der Waals surface area contributed by atoms with Crippen LogP contribution in [0.25, 0.3) is 5.69 Å². The van der Waals surface area contributed by atoms with Crippen LogP contribution in [0.2, 0.25) is 0 Å². The highest BCUT2D eigenvalue weighted by molar-refractivity contribution is 5.92. The number of nitrogens with one attached hydrogen (secondary N) is 2. The van der Waals surface area contributed by atoms with Crippen LogP contribution in [0.15, 0.2) is 60.9 Å². The summed E-state index contributed by atoms with van der Waals surface area (Å²) in [5.41, 5.74) is 2.54. The van der Waals surface area contributed by atoms with Gasteiger partial charge in [-0.15, -0.1) is 5.10 Å². The predicted octanol–water partition coefficient (Wildman–Crippen LogP) is 1.13. The van der Waals surface area contributed by atoms with Crippen molar-refractivity contribution in [3.8, 4) is 5.69 Å². The predicted molar refractivity (Wildman–Crippen MR) is 111 cm³/mol. The fourth-order valence-electron chi connectivity index (χ4n) is 3.27. The van der Waals surface area contributed by atoms with Crippen molar-refractivity contribution in [2.75, 3.05) is 42.9 Å². The van der Waals surface area contributed by atoms with E-state index in [9.17, 15) is 9.59 Å². The maximum absolute atomic E-state index is 12.4. The third kappa shape index (κ3) is 4.72. The Labute approximate surface area is 173 Å². The molecule has 2 aromatic carbocycles. The molecular formula is C20H22N8O2. The van der Waals surface area contributed by atoms with Gasteiger partial charge in [-0.05, 0) is 46.8 Å². The van der Waals surface area contributed by atoms with Crippen LogP contribution in [0.3, 0.4) is 0 Å². The van der Waals surface area contributed by atoms with Gasteiger partial charge < -0.3 is 20.4 Å². The van der Waals surface area contributed by atoms with Gasteiger partial charge in [0.1, 0.15) is 6.33 Å². The van der Waals surface area contributed by atoms with Gasteiger partial charge in [0.25, 0.3) is 0 Å². The molecule has 4 rings (SSSR count). The van der Waals surface area contributed by atoms with Gasteiger partial charge in [-0.2, -0.15) is 0 Å². The van der Waals surface area contributed by atoms with E-state index in [-0.39, 0.29) is 12.5 Å². The van der Waals surface area contributed by atoms with Crippen molar-refractivity contribution in [1.29, 1.82) is 0 Å². The lowest BCUT2D eigenvalue weighted by Crippen LogP contribution is -2.51. The molecule has 1 aliphatic rings. The first-order valence-corrected chi connectivity index (χ1v) is 9.65. The van der Waals surface area contributed by atoms with Gasteiger partial charge >= 0.3 is 6.03 Å². The van der Waals surface area contributed by atoms with Crippen molar-refractivity contribution < 1.29 is 9.59 Å². The number of carbonyl (C=O) groups is 2. The summed E-state index contributed by atoms with van der Waals surface area (Å²) in [7, 11) is 0. The number of carbonyl (C=O) groups excluding carboxylic acids is 2. The Morgan fingerprint density at radius 1 is 0.900 bits per heavy atom. The van der Waals surface area contributed by atoms with Gasteiger partial charge in [0, 0.05) is 37.6 Å². The van der Waals surface area contributed by atoms with E-state index in [4.69, 9.17) is 0 Å². The average Bonchev–Trinajstić information content (AvgIpc) is 3.34. The lowest BCUT2D eigenvalue weighted by atomic mass is 10.2. The Morgan fingerprint density at radius 2 is 1.63 bits per heavy atom. The SMILES string of the molecule is O=C(NCC(=O)N1CCN(c2ccccc2)CC1)Nc1ccc(-n2cnnn2)cc1. The average molecular weight is 406 g/mol. The number of anilines is 2. The summed E-state index contributed by atoms with van der Waals surface area (Å²) in [5, 5.41) is 16.3. The van der Waals surface area contributed by atoms with Crippen molar-refractivity contribution in [2.24, 2.45) is 0 Å². The number of benzene rings is 2. The first-order valence-electron chi connectivity index (χ1n) is 9.65. The monoisotopic (exact) mass is 406 g/mol. The molecule has 0 spiro atoms. The van der Waals surface area contributed by atoms with Crippen LogP contribution in [0.4, 0.5) is 16.2 Å². The van der Waals surface area contributed by atoms with E-state index in [1.807, 2.05) is 18.2 Å². The number of rotatable bonds is 5. The summed E-state index contributed by atoms with van der Waals surface area (Å²) in [6.45, 7) is 2.77. The fraction of sp³-hybridized carbons (Fsp3) is 0.250. The van der Waals surface area contributed by atoms with Crippen molar-refractivity contribution >= 4 is 23.3 Å². The molecule has 0 unspecified atom stereocenters. The van der Waals surface area contributed by atoms with Crippen LogP contribution in [-0.2, 0) is 4.79 Å². The zero-order valence-corrected chi connectivity index (χ0v) is 16.3. The highest BCUT2D eigenvalue weighted by atomic mass is 16.2. The van der Waals surface area contributed by atoms with Crippen LogP contribution in [0, 0.1) is 0 Å². The van der Waals surface area contributed by atoms with E-state index in [0.29, 0.717) is 18.8 Å². The molecule has 1 saturated heterocycles. The van der Waals surface area contributed by atoms with E-state index in [1.54, 1.807) is 29.2 Å². The number of urea groups is 1. The van der Waals surface area contributed by atoms with Gasteiger partial charge in [0.2, 0.25) is 5.91 Å². The van der Waals surface area contributed by atoms with Crippen LogP contribution >= 0.6 is 0 Å². The maximum atomic E-state index is 12.4. The van der Waals surface area contributed by atoms with Gasteiger partial charge in [-0.25, -0.2) is 9.48 Å². The minimum absolute atomic E-state index is 0.0418. The van der Waals surface area contributed by atoms with E-state index in [0.717, 1.165) is 24.5 Å². The largest absolute Gasteiger partial charge is 0.368 e. The van der Waals surface area contributed by atoms with Crippen LogP contribution in [-0.4, -0.2) is 69.8 Å². The lowest BCUT2D eigenvalue weighted by molar-refractivity contribution is -0.130. The lowest BCUT2D eigenvalue weighted by Gasteiger charge is -2.36. The first-order chi connectivity index (χ1) is 14.7. The molecule has 0 aliphatic carbocycles. The summed E-state index contributed by atoms with van der Waals surface area (Å²) in [6, 6.07) is 16.8. The molecule has 0 bridgehead atoms. The summed E-state index contributed by atoms with van der Waals surface area (Å²) in [6.07, 6.45) is 1.49. The summed E-state index contributed by atoms with van der Waals surface area (Å²) >= 11 is 0. The normalized spacial score (nSPS) is 13.7. The Hall–Kier alpha value is -3.95. The second-order valence-corrected chi connectivity index (χ2v) is 6.81. The molecule has 0 saturated carbocycles. The number of tetrazole rings is 1. The zero-order chi connectivity index (χ0) is 20.8. The van der Waals surface area contributed by atoms with Crippen molar-refractivity contribution in [3.63, 3.8) is 0 Å². The molecule has 154 valence electrons. The molecule has 1 aromatic heterocycles. The number of hydrogen-bond donors (Lipinski definition) is 2. The molecule has 0 radical (unpaired) electrons. The highest BCUT2D eigenvalue weighted by Crippen LogP contribution is 2.15. The molecule has 0 atom stereocenters. The number of aromatic nitrogens is 4. The van der Waals surface area contributed by atoms with E-state index < -0.39 is 6.03 Å². The molecule has 10 heteroatoms. The van der Waals surface area contributed by atoms with Crippen molar-refractivity contribution in [2.45, 2.75) is 0 Å². The number of hydrogen-bond acceptors (Lipinski definition) is 6. The molecule has 1 fully saturated rings. The molecule has 2 heterocycles. The molecule has 3 aromatic rings. The smallest absolute Gasteiger partial charge is 0.319 e. The third-order valence-corrected chi connectivity index (χ3v) is 4.89. The van der Waals surface area contributed by atoms with Crippen molar-refractivity contribution in [3.05, 3.63) is 60.9 Å². The minimum atomic E-state index is -0.429. The maximum Gasteiger partial charge on any atom is 0.319 e. The number of nitrogens with zero attached hydrogens (tertiary/aromatic N) is 6. The molecular weight excluding hydrogens is 384 g/mol. The summed E-state index contributed by atoms with van der Waals surface area (Å²) in [5.74, 6) is -0.0908. The minimum Gasteiger partial charge on any atom is -0.368 e. The molecule has 1 aliphatic heterocycles. The Bertz CT molecular complexity index is 968. The quantitative estimate of drug-likeness (QED) is 0.658. The fourth-order valence-corrected chi connectivity index (χ4v) is 3.27. The van der Waals surface area contributed by atoms with Crippen LogP contribution < -0.4 is 15.5 Å². The Kier molecular flexibility index (Phi) is 5.83. The molecule has 2 N–H and O–H groups in total. The van der Waals surface area contributed by atoms with Crippen LogP contribution in [0.5, 0.6) is 0 Å². The van der Waals surface area contributed by atoms with Crippen molar-refractivity contribution in [1.82, 2.24) is 30.4 Å². The zero-order valence-electron chi connectivity index (χ0n) is 16.3. The second kappa shape index (κ2) is 9.03. The number of piperazine rings is 1.